The van der Waals surface area contributed by atoms with Crippen molar-refractivity contribution in [3.63, 3.8) is 0 Å². The minimum Gasteiger partial charge on any atom is -0.423 e. The third-order valence-corrected chi connectivity index (χ3v) is 9.86. The van der Waals surface area contributed by atoms with E-state index in [9.17, 15) is 8.78 Å². The number of hydrogen-bond donors (Lipinski definition) is 3. The van der Waals surface area contributed by atoms with E-state index in [0.29, 0.717) is 15.8 Å². The number of nitrogens with two attached hydrogens (primary N) is 1. The van der Waals surface area contributed by atoms with Gasteiger partial charge in [-0.05, 0) is 142 Å². The number of nitrogen functional groups attached to an aromatic ring is 1. The van der Waals surface area contributed by atoms with Crippen molar-refractivity contribution in [1.29, 1.82) is 0 Å². The molecule has 4 aromatic heterocycles. The van der Waals surface area contributed by atoms with Crippen LogP contribution in [0.4, 0.5) is 25.8 Å². The number of pyridine rings is 4. The number of nitrogens with zero attached hydrogens (tertiary/aromatic N) is 6. The van der Waals surface area contributed by atoms with Crippen LogP contribution in [0.5, 0.6) is 0 Å². The number of benzene rings is 4. The standard InChI is InChI=1S/C18H18FN3.C13H15ClN2.C9H7ClN2.C6H6BFO2/c1-3-22(4-2)15-7-9-16-13(11-15)5-8-17(21-16)14-6-10-18(19)20-12-14;1-3-16(4-2)11-6-7-12-10(9-11)5-8-13(14)15-12;10-9-4-1-6-5-7(11)2-3-8(6)12-9;8-6-3-1-5(2-4-6)7(9)10/h5-12H,3-4H2,1-2H3;5-9H,3-4H2,1-2H3;1-5H,11H2;1-4,9-10H. The molecule has 4 N–H and O–H groups in total. The van der Waals surface area contributed by atoms with Crippen LogP contribution in [0.15, 0.2) is 134 Å². The van der Waals surface area contributed by atoms with E-state index in [4.69, 9.17) is 39.0 Å². The molecule has 4 heterocycles. The molecule has 0 saturated carbocycles. The minimum atomic E-state index is -1.51. The SMILES string of the molecule is CCN(CC)c1ccc2nc(-c3ccc(F)nc3)ccc2c1.CCN(CC)c1ccc2nc(Cl)ccc2c1.Nc1ccc2nc(Cl)ccc2c1.OB(O)c1ccc(F)cc1. The molecular weight excluding hydrogens is 802 g/mol. The first-order valence-electron chi connectivity index (χ1n) is 19.4. The molecule has 0 fully saturated rings. The van der Waals surface area contributed by atoms with Crippen LogP contribution in [-0.4, -0.2) is 63.3 Å². The van der Waals surface area contributed by atoms with Crippen LogP contribution in [0.25, 0.3) is 44.0 Å². The zero-order valence-corrected chi connectivity index (χ0v) is 35.3. The second kappa shape index (κ2) is 21.9. The van der Waals surface area contributed by atoms with Crippen LogP contribution in [0, 0.1) is 11.8 Å². The maximum atomic E-state index is 12.9. The molecule has 0 aliphatic carbocycles. The zero-order chi connectivity index (χ0) is 43.2. The highest BCUT2D eigenvalue weighted by atomic mass is 35.5. The summed E-state index contributed by atoms with van der Waals surface area (Å²) >= 11 is 11.6. The van der Waals surface area contributed by atoms with E-state index in [2.05, 4.69) is 81.7 Å². The van der Waals surface area contributed by atoms with Crippen LogP contribution in [0.3, 0.4) is 0 Å². The molecule has 0 amide bonds. The number of hydrogen-bond acceptors (Lipinski definition) is 9. The van der Waals surface area contributed by atoms with E-state index in [1.165, 1.54) is 47.9 Å². The average Bonchev–Trinajstić information content (AvgIpc) is 3.25. The van der Waals surface area contributed by atoms with Crippen molar-refractivity contribution in [1.82, 2.24) is 19.9 Å². The van der Waals surface area contributed by atoms with Crippen molar-refractivity contribution >= 4 is 85.6 Å². The number of anilines is 3. The van der Waals surface area contributed by atoms with Crippen LogP contribution in [-0.2, 0) is 0 Å². The first kappa shape index (κ1) is 45.2. The molecule has 308 valence electrons. The van der Waals surface area contributed by atoms with Gasteiger partial charge in [0.05, 0.1) is 22.2 Å². The Morgan fingerprint density at radius 3 is 1.53 bits per heavy atom. The summed E-state index contributed by atoms with van der Waals surface area (Å²) in [6.07, 6.45) is 1.51. The Bertz CT molecular complexity index is 2570. The zero-order valence-electron chi connectivity index (χ0n) is 33.8. The summed E-state index contributed by atoms with van der Waals surface area (Å²) in [6.45, 7) is 12.6. The van der Waals surface area contributed by atoms with E-state index in [1.54, 1.807) is 12.1 Å². The lowest BCUT2D eigenvalue weighted by Crippen LogP contribution is -2.29. The van der Waals surface area contributed by atoms with Gasteiger partial charge in [-0.2, -0.15) is 4.39 Å². The van der Waals surface area contributed by atoms with Crippen molar-refractivity contribution in [3.8, 4) is 11.3 Å². The normalized spacial score (nSPS) is 10.5. The van der Waals surface area contributed by atoms with E-state index >= 15 is 0 Å². The molecule has 60 heavy (non-hydrogen) atoms. The summed E-state index contributed by atoms with van der Waals surface area (Å²) in [5, 5.41) is 21.4. The van der Waals surface area contributed by atoms with Gasteiger partial charge in [0.25, 0.3) is 0 Å². The van der Waals surface area contributed by atoms with E-state index in [-0.39, 0.29) is 5.82 Å². The molecule has 9 nitrogen and oxygen atoms in total. The van der Waals surface area contributed by atoms with Crippen LogP contribution in [0.1, 0.15) is 27.7 Å². The van der Waals surface area contributed by atoms with Crippen molar-refractivity contribution in [2.45, 2.75) is 27.7 Å². The molecule has 0 aliphatic heterocycles. The first-order valence-corrected chi connectivity index (χ1v) is 20.2. The lowest BCUT2D eigenvalue weighted by molar-refractivity contribution is 0.425. The third kappa shape index (κ3) is 12.5. The Morgan fingerprint density at radius 1 is 0.567 bits per heavy atom. The Balaban J connectivity index is 0.000000159. The highest BCUT2D eigenvalue weighted by molar-refractivity contribution is 6.58. The molecule has 0 radical (unpaired) electrons. The Hall–Kier alpha value is -5.92. The summed E-state index contributed by atoms with van der Waals surface area (Å²) in [5.74, 6) is -0.863. The number of halogens is 4. The molecule has 0 saturated heterocycles. The van der Waals surface area contributed by atoms with Gasteiger partial charge in [0, 0.05) is 71.2 Å². The first-order chi connectivity index (χ1) is 28.9. The van der Waals surface area contributed by atoms with E-state index in [0.717, 1.165) is 75.8 Å². The predicted molar refractivity (Wildman–Crippen MR) is 246 cm³/mol. The fourth-order valence-electron chi connectivity index (χ4n) is 6.21. The summed E-state index contributed by atoms with van der Waals surface area (Å²) in [4.78, 5) is 21.3. The number of fused-ring (bicyclic) bond motifs is 3. The van der Waals surface area contributed by atoms with Gasteiger partial charge >= 0.3 is 7.12 Å². The Labute approximate surface area is 359 Å². The summed E-state index contributed by atoms with van der Waals surface area (Å²) < 4.78 is 25.1. The quantitative estimate of drug-likeness (QED) is 0.0779. The number of aromatic nitrogens is 4. The fraction of sp³-hybridized carbons (Fsp3) is 0.174. The molecule has 0 atom stereocenters. The monoisotopic (exact) mass is 847 g/mol. The van der Waals surface area contributed by atoms with Gasteiger partial charge in [0.2, 0.25) is 5.95 Å². The summed E-state index contributed by atoms with van der Waals surface area (Å²) in [7, 11) is -1.51. The molecular formula is C46H46BCl2F2N7O2. The molecule has 0 aliphatic rings. The summed E-state index contributed by atoms with van der Waals surface area (Å²) in [5.41, 5.74) is 13.4. The van der Waals surface area contributed by atoms with E-state index in [1.807, 2.05) is 60.7 Å². The van der Waals surface area contributed by atoms with Gasteiger partial charge in [-0.25, -0.2) is 24.3 Å². The minimum absolute atomic E-state index is 0.293. The highest BCUT2D eigenvalue weighted by Crippen LogP contribution is 2.25. The second-order valence-electron chi connectivity index (χ2n) is 13.3. The van der Waals surface area contributed by atoms with Crippen molar-refractivity contribution in [2.75, 3.05) is 41.7 Å². The van der Waals surface area contributed by atoms with Gasteiger partial charge in [0.15, 0.2) is 0 Å². The molecule has 14 heteroatoms. The van der Waals surface area contributed by atoms with Crippen LogP contribution in [0.2, 0.25) is 10.3 Å². The molecule has 0 bridgehead atoms. The van der Waals surface area contributed by atoms with Crippen LogP contribution < -0.4 is 21.0 Å². The maximum Gasteiger partial charge on any atom is 0.488 e. The van der Waals surface area contributed by atoms with Crippen molar-refractivity contribution in [3.05, 3.63) is 156 Å². The van der Waals surface area contributed by atoms with Gasteiger partial charge in [-0.1, -0.05) is 41.4 Å². The largest absolute Gasteiger partial charge is 0.488 e. The van der Waals surface area contributed by atoms with Crippen molar-refractivity contribution < 1.29 is 18.8 Å². The predicted octanol–water partition coefficient (Wildman–Crippen LogP) is 9.99. The molecule has 8 aromatic rings. The lowest BCUT2D eigenvalue weighted by Gasteiger charge is -2.21. The molecule has 4 aromatic carbocycles. The van der Waals surface area contributed by atoms with Crippen molar-refractivity contribution in [2.24, 2.45) is 0 Å². The average molecular weight is 849 g/mol. The second-order valence-corrected chi connectivity index (χ2v) is 14.1. The van der Waals surface area contributed by atoms with Gasteiger partial charge < -0.3 is 25.6 Å². The maximum absolute atomic E-state index is 12.9. The van der Waals surface area contributed by atoms with Gasteiger partial charge in [-0.15, -0.1) is 0 Å². The van der Waals surface area contributed by atoms with Gasteiger partial charge in [0.1, 0.15) is 16.1 Å². The Morgan fingerprint density at radius 2 is 1.05 bits per heavy atom. The van der Waals surface area contributed by atoms with E-state index < -0.39 is 13.1 Å². The molecule has 8 rings (SSSR count). The smallest absolute Gasteiger partial charge is 0.423 e. The Kier molecular flexibility index (Phi) is 16.5. The number of rotatable bonds is 8. The highest BCUT2D eigenvalue weighted by Gasteiger charge is 2.09. The fourth-order valence-corrected chi connectivity index (χ4v) is 6.52. The molecule has 0 spiro atoms. The topological polar surface area (TPSA) is 125 Å². The molecule has 0 unspecified atom stereocenters. The van der Waals surface area contributed by atoms with Gasteiger partial charge in [-0.3, -0.25) is 0 Å². The lowest BCUT2D eigenvalue weighted by atomic mass is 9.80. The summed E-state index contributed by atoms with van der Waals surface area (Å²) in [6, 6.07) is 37.6. The third-order valence-electron chi connectivity index (χ3n) is 9.44. The van der Waals surface area contributed by atoms with Crippen LogP contribution >= 0.6 is 23.2 Å².